The summed E-state index contributed by atoms with van der Waals surface area (Å²) in [6.45, 7) is 3.90. The van der Waals surface area contributed by atoms with E-state index in [4.69, 9.17) is 4.74 Å². The molecule has 1 aliphatic heterocycles. The van der Waals surface area contributed by atoms with E-state index in [1.165, 1.54) is 0 Å². The monoisotopic (exact) mass is 186 g/mol. The minimum absolute atomic E-state index is 0.0687. The van der Waals surface area contributed by atoms with E-state index in [-0.39, 0.29) is 12.1 Å². The molecule has 0 bridgehead atoms. The Morgan fingerprint density at radius 1 is 1.75 bits per heavy atom. The number of cyclic esters (lactones) is 1. The van der Waals surface area contributed by atoms with Crippen LogP contribution in [0.3, 0.4) is 0 Å². The highest BCUT2D eigenvalue weighted by Gasteiger charge is 2.23. The Balaban J connectivity index is 2.75. The van der Waals surface area contributed by atoms with E-state index in [1.54, 1.807) is 0 Å². The van der Waals surface area contributed by atoms with Crippen LogP contribution in [0.15, 0.2) is 10.5 Å². The molecule has 0 amide bonds. The van der Waals surface area contributed by atoms with Crippen LogP contribution in [0.25, 0.3) is 0 Å². The summed E-state index contributed by atoms with van der Waals surface area (Å²) in [5, 5.41) is 0. The third kappa shape index (κ3) is 2.03. The van der Waals surface area contributed by atoms with Crippen LogP contribution in [0.4, 0.5) is 0 Å². The van der Waals surface area contributed by atoms with Gasteiger partial charge in [0.1, 0.15) is 0 Å². The molecule has 0 aliphatic carbocycles. The molecule has 2 nitrogen and oxygen atoms in total. The second-order valence-corrected chi connectivity index (χ2v) is 3.57. The third-order valence-corrected chi connectivity index (χ3v) is 2.62. The first kappa shape index (κ1) is 9.65. The van der Waals surface area contributed by atoms with Gasteiger partial charge in [0.15, 0.2) is 0 Å². The first-order chi connectivity index (χ1) is 5.65. The molecular weight excluding hydrogens is 172 g/mol. The van der Waals surface area contributed by atoms with Crippen LogP contribution in [-0.2, 0) is 9.53 Å². The van der Waals surface area contributed by atoms with Crippen molar-refractivity contribution in [1.82, 2.24) is 0 Å². The van der Waals surface area contributed by atoms with Gasteiger partial charge in [-0.05, 0) is 31.1 Å². The molecule has 12 heavy (non-hydrogen) atoms. The summed E-state index contributed by atoms with van der Waals surface area (Å²) >= 11 is 4.24. The normalized spacial score (nSPS) is 28.2. The summed E-state index contributed by atoms with van der Waals surface area (Å²) < 4.78 is 5.08. The molecule has 0 radical (unpaired) electrons. The molecule has 0 spiro atoms. The van der Waals surface area contributed by atoms with Gasteiger partial charge in [0.05, 0.1) is 6.10 Å². The Morgan fingerprint density at radius 2 is 2.42 bits per heavy atom. The van der Waals surface area contributed by atoms with Crippen molar-refractivity contribution in [3.63, 3.8) is 0 Å². The average Bonchev–Trinajstić information content (AvgIpc) is 2.03. The minimum atomic E-state index is -0.180. The van der Waals surface area contributed by atoms with Crippen molar-refractivity contribution in [2.45, 2.75) is 39.2 Å². The largest absolute Gasteiger partial charge is 0.459 e. The number of hydrogen-bond acceptors (Lipinski definition) is 3. The zero-order valence-corrected chi connectivity index (χ0v) is 8.36. The highest BCUT2D eigenvalue weighted by molar-refractivity contribution is 7.84. The summed E-state index contributed by atoms with van der Waals surface area (Å²) in [5.74, 6) is -0.180. The molecule has 1 atom stereocenters. The summed E-state index contributed by atoms with van der Waals surface area (Å²) in [7, 11) is 0. The molecule has 0 aromatic heterocycles. The molecule has 0 saturated carbocycles. The number of allylic oxidation sites excluding steroid dienone is 1. The van der Waals surface area contributed by atoms with E-state index in [1.807, 2.05) is 13.8 Å². The van der Waals surface area contributed by atoms with E-state index in [9.17, 15) is 4.79 Å². The first-order valence-electron chi connectivity index (χ1n) is 4.27. The van der Waals surface area contributed by atoms with E-state index >= 15 is 0 Å². The lowest BCUT2D eigenvalue weighted by Gasteiger charge is -2.21. The number of carbonyl (C=O) groups excluding carboxylic acids is 1. The Morgan fingerprint density at radius 3 is 2.92 bits per heavy atom. The van der Waals surface area contributed by atoms with Crippen molar-refractivity contribution >= 4 is 18.6 Å². The molecule has 0 aromatic rings. The topological polar surface area (TPSA) is 26.3 Å². The third-order valence-electron chi connectivity index (χ3n) is 2.04. The molecule has 1 saturated heterocycles. The Bertz CT molecular complexity index is 221. The highest BCUT2D eigenvalue weighted by Crippen LogP contribution is 2.25. The van der Waals surface area contributed by atoms with E-state index in [2.05, 4.69) is 12.6 Å². The van der Waals surface area contributed by atoms with Crippen LogP contribution in [-0.4, -0.2) is 12.1 Å². The summed E-state index contributed by atoms with van der Waals surface area (Å²) in [4.78, 5) is 12.1. The second kappa shape index (κ2) is 3.99. The van der Waals surface area contributed by atoms with Crippen molar-refractivity contribution in [3.8, 4) is 0 Å². The number of thiol groups is 1. The SMILES string of the molecule is CC/C(S)=C1\CCC(C)OC1=O. The average molecular weight is 186 g/mol. The number of carbonyl (C=O) groups is 1. The molecule has 1 rings (SSSR count). The number of esters is 1. The van der Waals surface area contributed by atoms with Crippen LogP contribution in [0, 0.1) is 0 Å². The van der Waals surface area contributed by atoms with E-state index in [0.717, 1.165) is 29.7 Å². The lowest BCUT2D eigenvalue weighted by Crippen LogP contribution is -2.23. The lowest BCUT2D eigenvalue weighted by molar-refractivity contribution is -0.146. The minimum Gasteiger partial charge on any atom is -0.459 e. The summed E-state index contributed by atoms with van der Waals surface area (Å²) in [5.41, 5.74) is 0.763. The van der Waals surface area contributed by atoms with Crippen molar-refractivity contribution in [1.29, 1.82) is 0 Å². The maximum atomic E-state index is 11.3. The van der Waals surface area contributed by atoms with Gasteiger partial charge in [-0.25, -0.2) is 4.79 Å². The van der Waals surface area contributed by atoms with Gasteiger partial charge in [-0.1, -0.05) is 6.92 Å². The fraction of sp³-hybridized carbons (Fsp3) is 0.667. The van der Waals surface area contributed by atoms with Gasteiger partial charge in [-0.3, -0.25) is 0 Å². The zero-order chi connectivity index (χ0) is 9.14. The van der Waals surface area contributed by atoms with Crippen molar-refractivity contribution in [3.05, 3.63) is 10.5 Å². The summed E-state index contributed by atoms with van der Waals surface area (Å²) in [6, 6.07) is 0. The quantitative estimate of drug-likeness (QED) is 0.386. The van der Waals surface area contributed by atoms with Crippen LogP contribution < -0.4 is 0 Å². The molecule has 3 heteroatoms. The first-order valence-corrected chi connectivity index (χ1v) is 4.71. The van der Waals surface area contributed by atoms with E-state index < -0.39 is 0 Å². The Labute approximate surface area is 78.4 Å². The fourth-order valence-corrected chi connectivity index (χ4v) is 1.44. The number of hydrogen-bond donors (Lipinski definition) is 1. The fourth-order valence-electron chi connectivity index (χ4n) is 1.24. The Kier molecular flexibility index (Phi) is 3.20. The van der Waals surface area contributed by atoms with Gasteiger partial charge < -0.3 is 4.74 Å². The van der Waals surface area contributed by atoms with Gasteiger partial charge in [0.2, 0.25) is 0 Å². The van der Waals surface area contributed by atoms with E-state index in [0.29, 0.717) is 0 Å². The molecule has 0 N–H and O–H groups in total. The molecule has 1 unspecified atom stereocenters. The Hall–Kier alpha value is -0.440. The lowest BCUT2D eigenvalue weighted by atomic mass is 10.0. The second-order valence-electron chi connectivity index (χ2n) is 3.03. The van der Waals surface area contributed by atoms with Crippen LogP contribution in [0.1, 0.15) is 33.1 Å². The van der Waals surface area contributed by atoms with Gasteiger partial charge in [-0.15, -0.1) is 12.6 Å². The van der Waals surface area contributed by atoms with Crippen molar-refractivity contribution < 1.29 is 9.53 Å². The maximum absolute atomic E-state index is 11.3. The van der Waals surface area contributed by atoms with Crippen LogP contribution in [0.2, 0.25) is 0 Å². The smallest absolute Gasteiger partial charge is 0.335 e. The maximum Gasteiger partial charge on any atom is 0.335 e. The molecule has 68 valence electrons. The van der Waals surface area contributed by atoms with Crippen LogP contribution >= 0.6 is 12.6 Å². The van der Waals surface area contributed by atoms with Crippen LogP contribution in [0.5, 0.6) is 0 Å². The van der Waals surface area contributed by atoms with Gasteiger partial charge in [0, 0.05) is 5.57 Å². The molecule has 1 heterocycles. The predicted molar refractivity (Wildman–Crippen MR) is 51.1 cm³/mol. The molecule has 0 aromatic carbocycles. The standard InChI is InChI=1S/C9H14O2S/c1-3-8(12)7-5-4-6(2)11-9(7)10/h6,12H,3-5H2,1-2H3/b8-7-. The zero-order valence-electron chi connectivity index (χ0n) is 7.46. The number of rotatable bonds is 1. The predicted octanol–water partition coefficient (Wildman–Crippen LogP) is 2.31. The molecule has 1 fully saturated rings. The van der Waals surface area contributed by atoms with Gasteiger partial charge in [0.25, 0.3) is 0 Å². The summed E-state index contributed by atoms with van der Waals surface area (Å²) in [6.07, 6.45) is 2.61. The highest BCUT2D eigenvalue weighted by atomic mass is 32.1. The van der Waals surface area contributed by atoms with Gasteiger partial charge in [-0.2, -0.15) is 0 Å². The molecular formula is C9H14O2S. The molecule has 1 aliphatic rings. The van der Waals surface area contributed by atoms with Gasteiger partial charge >= 0.3 is 5.97 Å². The number of ether oxygens (including phenoxy) is 1. The van der Waals surface area contributed by atoms with Crippen molar-refractivity contribution in [2.24, 2.45) is 0 Å². The van der Waals surface area contributed by atoms with Crippen molar-refractivity contribution in [2.75, 3.05) is 0 Å².